The van der Waals surface area contributed by atoms with E-state index in [0.29, 0.717) is 6.04 Å². The molecule has 0 atom stereocenters. The van der Waals surface area contributed by atoms with Gasteiger partial charge in [-0.3, -0.25) is 0 Å². The molecule has 0 bridgehead atoms. The van der Waals surface area contributed by atoms with E-state index in [2.05, 4.69) is 43.5 Å². The first-order chi connectivity index (χ1) is 9.51. The van der Waals surface area contributed by atoms with Crippen LogP contribution in [0.2, 0.25) is 0 Å². The van der Waals surface area contributed by atoms with Crippen molar-refractivity contribution in [2.24, 2.45) is 5.73 Å². The lowest BCUT2D eigenvalue weighted by Gasteiger charge is -2.34. The number of hydrogen-bond acceptors (Lipinski definition) is 3. The van der Waals surface area contributed by atoms with Crippen LogP contribution in [0, 0.1) is 6.92 Å². The first kappa shape index (κ1) is 13.6. The van der Waals surface area contributed by atoms with E-state index in [1.165, 1.54) is 11.1 Å². The van der Waals surface area contributed by atoms with Crippen molar-refractivity contribution < 1.29 is 4.74 Å². The molecule has 1 aliphatic heterocycles. The van der Waals surface area contributed by atoms with Crippen LogP contribution >= 0.6 is 0 Å². The van der Waals surface area contributed by atoms with Crippen LogP contribution < -0.4 is 5.73 Å². The predicted octanol–water partition coefficient (Wildman–Crippen LogP) is 2.89. The van der Waals surface area contributed by atoms with Crippen molar-refractivity contribution in [3.8, 4) is 0 Å². The van der Waals surface area contributed by atoms with Crippen molar-refractivity contribution in [2.45, 2.75) is 45.2 Å². The average Bonchev–Trinajstić information content (AvgIpc) is 2.78. The Hall–Kier alpha value is -1.39. The zero-order chi connectivity index (χ0) is 14.3. The normalized spacial score (nSPS) is 18.9. The highest BCUT2D eigenvalue weighted by molar-refractivity contribution is 5.77. The van der Waals surface area contributed by atoms with Crippen LogP contribution in [0.1, 0.15) is 44.1 Å². The van der Waals surface area contributed by atoms with E-state index in [1.807, 2.05) is 0 Å². The summed E-state index contributed by atoms with van der Waals surface area (Å²) in [6.45, 7) is 7.91. The second kappa shape index (κ2) is 4.86. The smallest absolute Gasteiger partial charge is 0.130 e. The minimum atomic E-state index is -0.366. The van der Waals surface area contributed by atoms with Crippen LogP contribution in [0.15, 0.2) is 18.2 Å². The third-order valence-corrected chi connectivity index (χ3v) is 4.19. The monoisotopic (exact) mass is 273 g/mol. The molecule has 0 aliphatic carbocycles. The van der Waals surface area contributed by atoms with Crippen LogP contribution in [-0.4, -0.2) is 22.8 Å². The van der Waals surface area contributed by atoms with E-state index in [-0.39, 0.29) is 5.54 Å². The molecule has 1 fully saturated rings. The summed E-state index contributed by atoms with van der Waals surface area (Å²) in [5, 5.41) is 0. The van der Waals surface area contributed by atoms with E-state index in [4.69, 9.17) is 15.5 Å². The molecule has 0 spiro atoms. The van der Waals surface area contributed by atoms with Gasteiger partial charge in [-0.1, -0.05) is 6.07 Å². The summed E-state index contributed by atoms with van der Waals surface area (Å²) in [5.74, 6) is 1.01. The highest BCUT2D eigenvalue weighted by atomic mass is 16.5. The van der Waals surface area contributed by atoms with E-state index in [1.54, 1.807) is 0 Å². The molecule has 20 heavy (non-hydrogen) atoms. The van der Waals surface area contributed by atoms with Crippen molar-refractivity contribution >= 4 is 11.0 Å². The van der Waals surface area contributed by atoms with Gasteiger partial charge in [0.15, 0.2) is 0 Å². The molecule has 108 valence electrons. The Kier molecular flexibility index (Phi) is 3.30. The third-order valence-electron chi connectivity index (χ3n) is 4.19. The molecular weight excluding hydrogens is 250 g/mol. The average molecular weight is 273 g/mol. The quantitative estimate of drug-likeness (QED) is 0.915. The Morgan fingerprint density at radius 1 is 1.30 bits per heavy atom. The molecular formula is C16H23N3O. The number of imidazole rings is 1. The highest BCUT2D eigenvalue weighted by Gasteiger charge is 2.35. The van der Waals surface area contributed by atoms with Gasteiger partial charge in [0, 0.05) is 19.3 Å². The summed E-state index contributed by atoms with van der Waals surface area (Å²) in [4.78, 5) is 4.87. The maximum absolute atomic E-state index is 6.66. The Labute approximate surface area is 119 Å². The first-order valence-electron chi connectivity index (χ1n) is 7.37. The number of aromatic nitrogens is 2. The molecule has 0 unspecified atom stereocenters. The van der Waals surface area contributed by atoms with E-state index >= 15 is 0 Å². The number of hydrogen-bond donors (Lipinski definition) is 1. The van der Waals surface area contributed by atoms with Gasteiger partial charge in [-0.2, -0.15) is 0 Å². The van der Waals surface area contributed by atoms with Crippen LogP contribution in [0.4, 0.5) is 0 Å². The van der Waals surface area contributed by atoms with Crippen molar-refractivity contribution in [1.82, 2.24) is 9.55 Å². The van der Waals surface area contributed by atoms with Gasteiger partial charge in [0.1, 0.15) is 5.82 Å². The van der Waals surface area contributed by atoms with Gasteiger partial charge in [0.05, 0.1) is 16.6 Å². The summed E-state index contributed by atoms with van der Waals surface area (Å²) < 4.78 is 7.75. The summed E-state index contributed by atoms with van der Waals surface area (Å²) >= 11 is 0. The molecule has 1 aromatic heterocycles. The minimum absolute atomic E-state index is 0.348. The van der Waals surface area contributed by atoms with Crippen molar-refractivity contribution in [3.05, 3.63) is 29.6 Å². The van der Waals surface area contributed by atoms with E-state index in [9.17, 15) is 0 Å². The van der Waals surface area contributed by atoms with Crippen LogP contribution in [-0.2, 0) is 10.3 Å². The number of ether oxygens (including phenoxy) is 1. The summed E-state index contributed by atoms with van der Waals surface area (Å²) in [7, 11) is 0. The molecule has 0 radical (unpaired) electrons. The van der Waals surface area contributed by atoms with Gasteiger partial charge in [0.2, 0.25) is 0 Å². The predicted molar refractivity (Wildman–Crippen MR) is 80.8 cm³/mol. The molecule has 1 saturated heterocycles. The summed E-state index contributed by atoms with van der Waals surface area (Å²) in [6.07, 6.45) is 1.67. The molecule has 2 N–H and O–H groups in total. The Bertz CT molecular complexity index is 624. The van der Waals surface area contributed by atoms with Gasteiger partial charge in [-0.05, 0) is 51.3 Å². The minimum Gasteiger partial charge on any atom is -0.381 e. The fraction of sp³-hybridized carbons (Fsp3) is 0.562. The molecule has 0 amide bonds. The summed E-state index contributed by atoms with van der Waals surface area (Å²) in [6, 6.07) is 6.78. The van der Waals surface area contributed by atoms with E-state index in [0.717, 1.165) is 37.4 Å². The molecule has 1 aromatic carbocycles. The zero-order valence-corrected chi connectivity index (χ0v) is 12.5. The lowest BCUT2D eigenvalue weighted by atomic mass is 9.90. The number of fused-ring (bicyclic) bond motifs is 1. The Balaban J connectivity index is 2.21. The van der Waals surface area contributed by atoms with Crippen LogP contribution in [0.25, 0.3) is 11.0 Å². The topological polar surface area (TPSA) is 53.1 Å². The first-order valence-corrected chi connectivity index (χ1v) is 7.37. The van der Waals surface area contributed by atoms with Crippen LogP contribution in [0.3, 0.4) is 0 Å². The van der Waals surface area contributed by atoms with Gasteiger partial charge >= 0.3 is 0 Å². The van der Waals surface area contributed by atoms with Gasteiger partial charge < -0.3 is 15.0 Å². The molecule has 4 heteroatoms. The SMILES string of the molecule is Cc1ccc2c(c1)nc(C1(N)CCOCC1)n2C(C)C. The number of benzene rings is 1. The van der Waals surface area contributed by atoms with Crippen molar-refractivity contribution in [3.63, 3.8) is 0 Å². The molecule has 3 rings (SSSR count). The van der Waals surface area contributed by atoms with Gasteiger partial charge in [-0.25, -0.2) is 4.98 Å². The lowest BCUT2D eigenvalue weighted by Crippen LogP contribution is -2.44. The summed E-state index contributed by atoms with van der Waals surface area (Å²) in [5.41, 5.74) is 9.75. The fourth-order valence-electron chi connectivity index (χ4n) is 3.04. The fourth-order valence-corrected chi connectivity index (χ4v) is 3.04. The standard InChI is InChI=1S/C16H23N3O/c1-11(2)19-14-5-4-12(3)10-13(14)18-15(19)16(17)6-8-20-9-7-16/h4-5,10-11H,6-9,17H2,1-3H3. The maximum Gasteiger partial charge on any atom is 0.130 e. The van der Waals surface area contributed by atoms with Gasteiger partial charge in [-0.15, -0.1) is 0 Å². The zero-order valence-electron chi connectivity index (χ0n) is 12.5. The second-order valence-electron chi connectivity index (χ2n) is 6.16. The van der Waals surface area contributed by atoms with Crippen LogP contribution in [0.5, 0.6) is 0 Å². The molecule has 4 nitrogen and oxygen atoms in total. The third kappa shape index (κ3) is 2.13. The number of rotatable bonds is 2. The highest BCUT2D eigenvalue weighted by Crippen LogP contribution is 2.33. The lowest BCUT2D eigenvalue weighted by molar-refractivity contribution is 0.0477. The second-order valence-corrected chi connectivity index (χ2v) is 6.16. The van der Waals surface area contributed by atoms with Gasteiger partial charge in [0.25, 0.3) is 0 Å². The Morgan fingerprint density at radius 3 is 2.65 bits per heavy atom. The number of aryl methyl sites for hydroxylation is 1. The molecule has 2 aromatic rings. The molecule has 2 heterocycles. The maximum atomic E-state index is 6.66. The molecule has 1 aliphatic rings. The number of nitrogens with two attached hydrogens (primary N) is 1. The van der Waals surface area contributed by atoms with E-state index < -0.39 is 0 Å². The number of nitrogens with zero attached hydrogens (tertiary/aromatic N) is 2. The largest absolute Gasteiger partial charge is 0.381 e. The van der Waals surface area contributed by atoms with Crippen molar-refractivity contribution in [2.75, 3.05) is 13.2 Å². The molecule has 0 saturated carbocycles. The Morgan fingerprint density at radius 2 is 2.00 bits per heavy atom. The van der Waals surface area contributed by atoms with Crippen molar-refractivity contribution in [1.29, 1.82) is 0 Å².